The third-order valence-electron chi connectivity index (χ3n) is 1.88. The third-order valence-corrected chi connectivity index (χ3v) is 2.90. The molecule has 1 aromatic carbocycles. The van der Waals surface area contributed by atoms with E-state index in [0.717, 1.165) is 5.69 Å². The van der Waals surface area contributed by atoms with Gasteiger partial charge in [-0.25, -0.2) is 0 Å². The van der Waals surface area contributed by atoms with Crippen LogP contribution >= 0.6 is 31.9 Å². The number of hydrogen-bond acceptors (Lipinski definition) is 2. The topological polar surface area (TPSA) is 30.7 Å². The highest BCUT2D eigenvalue weighted by molar-refractivity contribution is 9.11. The lowest BCUT2D eigenvalue weighted by Gasteiger charge is -2.04. The largest absolute Gasteiger partial charge is 0.264 e. The number of aryl methyl sites for hydroxylation is 1. The maximum Gasteiger partial charge on any atom is 0.205 e. The molecule has 0 fully saturated rings. The van der Waals surface area contributed by atoms with Gasteiger partial charge in [0.2, 0.25) is 9.47 Å². The van der Waals surface area contributed by atoms with Crippen molar-refractivity contribution in [2.75, 3.05) is 0 Å². The molecule has 0 N–H and O–H groups in total. The number of nitrogens with zero attached hydrogens (tertiary/aromatic N) is 3. The van der Waals surface area contributed by atoms with E-state index >= 15 is 0 Å². The zero-order chi connectivity index (χ0) is 10.1. The van der Waals surface area contributed by atoms with Gasteiger partial charge >= 0.3 is 0 Å². The van der Waals surface area contributed by atoms with Gasteiger partial charge in [-0.05, 0) is 50.9 Å². The van der Waals surface area contributed by atoms with Gasteiger partial charge in [-0.1, -0.05) is 17.7 Å². The van der Waals surface area contributed by atoms with Crippen LogP contribution in [0.5, 0.6) is 0 Å². The molecule has 1 aromatic heterocycles. The molecular formula is C9H7Br2N3. The van der Waals surface area contributed by atoms with Crippen molar-refractivity contribution in [3.8, 4) is 5.69 Å². The van der Waals surface area contributed by atoms with Crippen molar-refractivity contribution < 1.29 is 0 Å². The Bertz CT molecular complexity index is 428. The molecule has 0 bridgehead atoms. The Kier molecular flexibility index (Phi) is 2.69. The molecule has 0 saturated carbocycles. The van der Waals surface area contributed by atoms with Crippen molar-refractivity contribution in [2.45, 2.75) is 6.92 Å². The number of halogens is 2. The summed E-state index contributed by atoms with van der Waals surface area (Å²) >= 11 is 6.66. The van der Waals surface area contributed by atoms with Crippen LogP contribution in [0, 0.1) is 6.92 Å². The highest BCUT2D eigenvalue weighted by Crippen LogP contribution is 2.20. The highest BCUT2D eigenvalue weighted by Gasteiger charge is 2.08. The first-order valence-electron chi connectivity index (χ1n) is 4.02. The summed E-state index contributed by atoms with van der Waals surface area (Å²) in [7, 11) is 0. The highest BCUT2D eigenvalue weighted by atomic mass is 79.9. The number of aromatic nitrogens is 3. The number of rotatable bonds is 1. The molecule has 0 amide bonds. The van der Waals surface area contributed by atoms with Crippen LogP contribution in [0.4, 0.5) is 0 Å². The second kappa shape index (κ2) is 3.82. The molecule has 0 saturated heterocycles. The van der Waals surface area contributed by atoms with Gasteiger partial charge in [0.05, 0.1) is 5.69 Å². The summed E-state index contributed by atoms with van der Waals surface area (Å²) in [6, 6.07) is 8.14. The van der Waals surface area contributed by atoms with Crippen LogP contribution in [-0.2, 0) is 0 Å². The standard InChI is InChI=1S/C9H7Br2N3/c1-6-2-4-7(5-3-6)14-8(10)12-13-9(14)11/h2-5H,1H3. The molecule has 5 heteroatoms. The van der Waals surface area contributed by atoms with Gasteiger partial charge in [-0.2, -0.15) is 0 Å². The van der Waals surface area contributed by atoms with Gasteiger partial charge in [0.15, 0.2) is 0 Å². The molecule has 1 heterocycles. The van der Waals surface area contributed by atoms with E-state index in [0.29, 0.717) is 9.47 Å². The van der Waals surface area contributed by atoms with Crippen molar-refractivity contribution in [3.05, 3.63) is 39.3 Å². The quantitative estimate of drug-likeness (QED) is 0.809. The summed E-state index contributed by atoms with van der Waals surface area (Å²) in [6.45, 7) is 2.06. The number of benzene rings is 1. The molecular weight excluding hydrogens is 310 g/mol. The molecule has 0 aliphatic heterocycles. The van der Waals surface area contributed by atoms with Crippen molar-refractivity contribution >= 4 is 31.9 Å². The van der Waals surface area contributed by atoms with Gasteiger partial charge < -0.3 is 0 Å². The Hall–Kier alpha value is -0.680. The Morgan fingerprint density at radius 2 is 1.50 bits per heavy atom. The van der Waals surface area contributed by atoms with Crippen LogP contribution in [0.1, 0.15) is 5.56 Å². The molecule has 14 heavy (non-hydrogen) atoms. The Labute approximate surface area is 98.4 Å². The van der Waals surface area contributed by atoms with Crippen molar-refractivity contribution in [2.24, 2.45) is 0 Å². The third kappa shape index (κ3) is 1.74. The summed E-state index contributed by atoms with van der Waals surface area (Å²) < 4.78 is 3.25. The smallest absolute Gasteiger partial charge is 0.205 e. The second-order valence-corrected chi connectivity index (χ2v) is 4.33. The fourth-order valence-electron chi connectivity index (χ4n) is 1.15. The van der Waals surface area contributed by atoms with E-state index in [9.17, 15) is 0 Å². The fourth-order valence-corrected chi connectivity index (χ4v) is 2.30. The van der Waals surface area contributed by atoms with Gasteiger partial charge in [0.1, 0.15) is 0 Å². The molecule has 0 unspecified atom stereocenters. The lowest BCUT2D eigenvalue weighted by atomic mass is 10.2. The molecule has 0 spiro atoms. The predicted molar refractivity (Wildman–Crippen MR) is 61.5 cm³/mol. The van der Waals surface area contributed by atoms with Crippen LogP contribution in [0.15, 0.2) is 33.7 Å². The van der Waals surface area contributed by atoms with Gasteiger partial charge in [0.25, 0.3) is 0 Å². The molecule has 2 rings (SSSR count). The van der Waals surface area contributed by atoms with E-state index in [-0.39, 0.29) is 0 Å². The van der Waals surface area contributed by atoms with Gasteiger partial charge in [-0.15, -0.1) is 10.2 Å². The van der Waals surface area contributed by atoms with E-state index in [1.54, 1.807) is 0 Å². The molecule has 0 aliphatic rings. The first-order chi connectivity index (χ1) is 6.68. The summed E-state index contributed by atoms with van der Waals surface area (Å²) in [5, 5.41) is 7.80. The Morgan fingerprint density at radius 1 is 1.00 bits per heavy atom. The lowest BCUT2D eigenvalue weighted by Crippen LogP contribution is -1.94. The van der Waals surface area contributed by atoms with Gasteiger partial charge in [-0.3, -0.25) is 4.57 Å². The van der Waals surface area contributed by atoms with Crippen LogP contribution in [0.3, 0.4) is 0 Å². The minimum absolute atomic E-state index is 0.688. The Morgan fingerprint density at radius 3 is 2.00 bits per heavy atom. The number of hydrogen-bond donors (Lipinski definition) is 0. The normalized spacial score (nSPS) is 10.5. The zero-order valence-electron chi connectivity index (χ0n) is 7.41. The average Bonchev–Trinajstić information content (AvgIpc) is 2.49. The summed E-state index contributed by atoms with van der Waals surface area (Å²) in [5.41, 5.74) is 2.26. The van der Waals surface area contributed by atoms with Crippen molar-refractivity contribution in [3.63, 3.8) is 0 Å². The minimum atomic E-state index is 0.688. The van der Waals surface area contributed by atoms with E-state index in [2.05, 4.69) is 49.0 Å². The second-order valence-electron chi connectivity index (χ2n) is 2.91. The zero-order valence-corrected chi connectivity index (χ0v) is 10.6. The van der Waals surface area contributed by atoms with E-state index in [4.69, 9.17) is 0 Å². The first kappa shape index (κ1) is 9.86. The maximum absolute atomic E-state index is 3.90. The van der Waals surface area contributed by atoms with E-state index < -0.39 is 0 Å². The van der Waals surface area contributed by atoms with E-state index in [1.807, 2.05) is 28.8 Å². The summed E-state index contributed by atoms with van der Waals surface area (Å²) in [5.74, 6) is 0. The molecule has 72 valence electrons. The van der Waals surface area contributed by atoms with Crippen LogP contribution < -0.4 is 0 Å². The average molecular weight is 317 g/mol. The monoisotopic (exact) mass is 315 g/mol. The lowest BCUT2D eigenvalue weighted by molar-refractivity contribution is 0.989. The van der Waals surface area contributed by atoms with Crippen LogP contribution in [0.2, 0.25) is 0 Å². The van der Waals surface area contributed by atoms with Crippen LogP contribution in [-0.4, -0.2) is 14.8 Å². The molecule has 0 atom stereocenters. The summed E-state index contributed by atoms with van der Waals surface area (Å²) in [4.78, 5) is 0. The van der Waals surface area contributed by atoms with Gasteiger partial charge in [0, 0.05) is 0 Å². The minimum Gasteiger partial charge on any atom is -0.264 e. The first-order valence-corrected chi connectivity index (χ1v) is 5.60. The summed E-state index contributed by atoms with van der Waals surface area (Å²) in [6.07, 6.45) is 0. The maximum atomic E-state index is 3.90. The Balaban J connectivity index is 2.54. The van der Waals surface area contributed by atoms with Crippen molar-refractivity contribution in [1.29, 1.82) is 0 Å². The molecule has 0 radical (unpaired) electrons. The van der Waals surface area contributed by atoms with E-state index in [1.165, 1.54) is 5.56 Å². The predicted octanol–water partition coefficient (Wildman–Crippen LogP) is 3.10. The fraction of sp³-hybridized carbons (Fsp3) is 0.111. The van der Waals surface area contributed by atoms with Crippen LogP contribution in [0.25, 0.3) is 5.69 Å². The molecule has 2 aromatic rings. The van der Waals surface area contributed by atoms with Crippen molar-refractivity contribution in [1.82, 2.24) is 14.8 Å². The molecule has 3 nitrogen and oxygen atoms in total. The molecule has 0 aliphatic carbocycles. The SMILES string of the molecule is Cc1ccc(-n2c(Br)nnc2Br)cc1.